The molecule has 2 aliphatic rings. The van der Waals surface area contributed by atoms with Crippen LogP contribution in [0.2, 0.25) is 0 Å². The molecule has 7 nitrogen and oxygen atoms in total. The van der Waals surface area contributed by atoms with Crippen LogP contribution < -0.4 is 5.32 Å². The van der Waals surface area contributed by atoms with Gasteiger partial charge in [-0.3, -0.25) is 4.79 Å². The molecule has 28 heavy (non-hydrogen) atoms. The number of carbonyl (C=O) groups is 1. The summed E-state index contributed by atoms with van der Waals surface area (Å²) in [5.74, 6) is 3.45. The lowest BCUT2D eigenvalue weighted by Gasteiger charge is -2.06. The van der Waals surface area contributed by atoms with Crippen molar-refractivity contribution in [2.75, 3.05) is 5.32 Å². The summed E-state index contributed by atoms with van der Waals surface area (Å²) in [5, 5.41) is 14.9. The van der Waals surface area contributed by atoms with Gasteiger partial charge in [0.2, 0.25) is 5.91 Å². The van der Waals surface area contributed by atoms with E-state index in [1.54, 1.807) is 6.08 Å². The number of nitrogens with zero attached hydrogens (tertiary/aromatic N) is 4. The van der Waals surface area contributed by atoms with Crippen LogP contribution in [0, 0.1) is 5.92 Å². The highest BCUT2D eigenvalue weighted by atomic mass is 16.3. The fourth-order valence-corrected chi connectivity index (χ4v) is 3.40. The normalized spacial score (nSPS) is 21.2. The van der Waals surface area contributed by atoms with Crippen LogP contribution in [0.4, 0.5) is 5.69 Å². The highest BCUT2D eigenvalue weighted by Crippen LogP contribution is 2.47. The van der Waals surface area contributed by atoms with Crippen molar-refractivity contribution in [3.8, 4) is 11.4 Å². The van der Waals surface area contributed by atoms with Gasteiger partial charge in [-0.1, -0.05) is 19.1 Å². The van der Waals surface area contributed by atoms with Gasteiger partial charge in [-0.05, 0) is 65.9 Å². The van der Waals surface area contributed by atoms with E-state index in [-0.39, 0.29) is 5.91 Å². The van der Waals surface area contributed by atoms with Gasteiger partial charge in [-0.25, -0.2) is 4.68 Å². The molecule has 1 N–H and O–H groups in total. The Bertz CT molecular complexity index is 1050. The summed E-state index contributed by atoms with van der Waals surface area (Å²) in [6.45, 7) is 2.22. The van der Waals surface area contributed by atoms with Gasteiger partial charge >= 0.3 is 0 Å². The zero-order chi connectivity index (χ0) is 19.1. The second kappa shape index (κ2) is 6.74. The van der Waals surface area contributed by atoms with Gasteiger partial charge in [-0.2, -0.15) is 0 Å². The Morgan fingerprint density at radius 2 is 2.14 bits per heavy atom. The Morgan fingerprint density at radius 1 is 1.29 bits per heavy atom. The van der Waals surface area contributed by atoms with E-state index in [4.69, 9.17) is 4.42 Å². The van der Waals surface area contributed by atoms with Crippen LogP contribution in [0.3, 0.4) is 0 Å². The molecule has 2 atom stereocenters. The first-order valence-electron chi connectivity index (χ1n) is 9.64. The number of benzene rings is 1. The standard InChI is InChI=1S/C21H21N5O2/c1-13-11-18(13)19-9-7-17(28-19)8-10-20(27)22-15-4-2-3-14(12-15)21-23-24-25-26(21)16-5-6-16/h2-4,7-10,12-13,16,18H,5-6,11H2,1H3,(H,22,27)/b10-8+. The van der Waals surface area contributed by atoms with E-state index >= 15 is 0 Å². The summed E-state index contributed by atoms with van der Waals surface area (Å²) in [6.07, 6.45) is 6.57. The largest absolute Gasteiger partial charge is 0.461 e. The molecule has 5 rings (SSSR count). The van der Waals surface area contributed by atoms with E-state index in [1.807, 2.05) is 41.1 Å². The van der Waals surface area contributed by atoms with Crippen molar-refractivity contribution in [3.05, 3.63) is 54.0 Å². The molecule has 0 radical (unpaired) electrons. The summed E-state index contributed by atoms with van der Waals surface area (Å²) < 4.78 is 7.65. The van der Waals surface area contributed by atoms with E-state index in [0.717, 1.165) is 30.0 Å². The van der Waals surface area contributed by atoms with Crippen molar-refractivity contribution in [1.29, 1.82) is 0 Å². The lowest BCUT2D eigenvalue weighted by atomic mass is 10.2. The van der Waals surface area contributed by atoms with Crippen LogP contribution in [0.25, 0.3) is 17.5 Å². The molecule has 1 amide bonds. The van der Waals surface area contributed by atoms with Gasteiger partial charge in [0.1, 0.15) is 11.5 Å². The van der Waals surface area contributed by atoms with Crippen molar-refractivity contribution in [3.63, 3.8) is 0 Å². The quantitative estimate of drug-likeness (QED) is 0.657. The number of furan rings is 1. The summed E-state index contributed by atoms with van der Waals surface area (Å²) in [5.41, 5.74) is 1.58. The number of aromatic nitrogens is 4. The Kier molecular flexibility index (Phi) is 4.07. The van der Waals surface area contributed by atoms with E-state index in [0.29, 0.717) is 29.3 Å². The molecule has 1 aromatic carbocycles. The summed E-state index contributed by atoms with van der Waals surface area (Å²) in [4.78, 5) is 12.3. The van der Waals surface area contributed by atoms with Crippen molar-refractivity contribution < 1.29 is 9.21 Å². The topological polar surface area (TPSA) is 85.8 Å². The van der Waals surface area contributed by atoms with Crippen LogP contribution in [-0.4, -0.2) is 26.1 Å². The lowest BCUT2D eigenvalue weighted by molar-refractivity contribution is -0.111. The maximum absolute atomic E-state index is 12.3. The highest BCUT2D eigenvalue weighted by molar-refractivity contribution is 6.02. The molecule has 2 heterocycles. The molecular weight excluding hydrogens is 354 g/mol. The minimum Gasteiger partial charge on any atom is -0.461 e. The molecule has 0 aliphatic heterocycles. The smallest absolute Gasteiger partial charge is 0.248 e. The van der Waals surface area contributed by atoms with Gasteiger partial charge in [0.25, 0.3) is 0 Å². The second-order valence-electron chi connectivity index (χ2n) is 7.64. The van der Waals surface area contributed by atoms with Gasteiger partial charge in [0, 0.05) is 23.2 Å². The van der Waals surface area contributed by atoms with Crippen molar-refractivity contribution in [2.24, 2.45) is 5.92 Å². The van der Waals surface area contributed by atoms with E-state index in [9.17, 15) is 4.79 Å². The Labute approximate surface area is 162 Å². The zero-order valence-electron chi connectivity index (χ0n) is 15.6. The van der Waals surface area contributed by atoms with E-state index < -0.39 is 0 Å². The Balaban J connectivity index is 1.26. The number of hydrogen-bond donors (Lipinski definition) is 1. The van der Waals surface area contributed by atoms with Gasteiger partial charge < -0.3 is 9.73 Å². The number of rotatable bonds is 6. The third-order valence-electron chi connectivity index (χ3n) is 5.30. The molecule has 0 saturated heterocycles. The molecule has 2 fully saturated rings. The molecule has 0 spiro atoms. The van der Waals surface area contributed by atoms with Crippen LogP contribution in [0.15, 0.2) is 46.9 Å². The predicted molar refractivity (Wildman–Crippen MR) is 104 cm³/mol. The third kappa shape index (κ3) is 3.47. The molecule has 0 bridgehead atoms. The number of tetrazole rings is 1. The first-order valence-corrected chi connectivity index (χ1v) is 9.64. The zero-order valence-corrected chi connectivity index (χ0v) is 15.6. The SMILES string of the molecule is CC1CC1c1ccc(/C=C/C(=O)Nc2cccc(-c3nnnn3C3CC3)c2)o1. The summed E-state index contributed by atoms with van der Waals surface area (Å²) in [7, 11) is 0. The molecule has 142 valence electrons. The average Bonchev–Trinajstić information content (AvgIpc) is 3.56. The number of amides is 1. The first-order chi connectivity index (χ1) is 13.7. The maximum atomic E-state index is 12.3. The van der Waals surface area contributed by atoms with Crippen LogP contribution in [-0.2, 0) is 4.79 Å². The first kappa shape index (κ1) is 16.9. The van der Waals surface area contributed by atoms with Crippen molar-refractivity contribution >= 4 is 17.7 Å². The van der Waals surface area contributed by atoms with E-state index in [1.165, 1.54) is 12.5 Å². The van der Waals surface area contributed by atoms with Crippen molar-refractivity contribution in [2.45, 2.75) is 38.1 Å². The second-order valence-corrected chi connectivity index (χ2v) is 7.64. The highest BCUT2D eigenvalue weighted by Gasteiger charge is 2.36. The summed E-state index contributed by atoms with van der Waals surface area (Å²) >= 11 is 0. The van der Waals surface area contributed by atoms with Gasteiger partial charge in [0.05, 0.1) is 6.04 Å². The number of hydrogen-bond acceptors (Lipinski definition) is 5. The number of carbonyl (C=O) groups excluding carboxylic acids is 1. The number of nitrogens with one attached hydrogen (secondary N) is 1. The monoisotopic (exact) mass is 375 g/mol. The fraction of sp³-hybridized carbons (Fsp3) is 0.333. The molecule has 2 aliphatic carbocycles. The van der Waals surface area contributed by atoms with E-state index in [2.05, 4.69) is 27.8 Å². The number of anilines is 1. The maximum Gasteiger partial charge on any atom is 0.248 e. The van der Waals surface area contributed by atoms with Gasteiger partial charge in [-0.15, -0.1) is 5.10 Å². The fourth-order valence-electron chi connectivity index (χ4n) is 3.40. The molecule has 2 aromatic heterocycles. The van der Waals surface area contributed by atoms with Crippen LogP contribution in [0.1, 0.15) is 49.7 Å². The molecule has 7 heteroatoms. The lowest BCUT2D eigenvalue weighted by Crippen LogP contribution is -2.08. The molecular formula is C21H21N5O2. The molecule has 2 saturated carbocycles. The Morgan fingerprint density at radius 3 is 2.93 bits per heavy atom. The predicted octanol–water partition coefficient (Wildman–Crippen LogP) is 4.04. The van der Waals surface area contributed by atoms with Gasteiger partial charge in [0.15, 0.2) is 5.82 Å². The molecule has 3 aromatic rings. The van der Waals surface area contributed by atoms with Crippen molar-refractivity contribution in [1.82, 2.24) is 20.2 Å². The minimum atomic E-state index is -0.211. The third-order valence-corrected chi connectivity index (χ3v) is 5.30. The minimum absolute atomic E-state index is 0.211. The average molecular weight is 375 g/mol. The van der Waals surface area contributed by atoms with Crippen LogP contribution in [0.5, 0.6) is 0 Å². The summed E-state index contributed by atoms with van der Waals surface area (Å²) in [6, 6.07) is 11.9. The van der Waals surface area contributed by atoms with Crippen LogP contribution >= 0.6 is 0 Å². The Hall–Kier alpha value is -3.22. The molecule has 2 unspecified atom stereocenters.